The van der Waals surface area contributed by atoms with Gasteiger partial charge in [0.05, 0.1) is 17.2 Å². The second-order valence-electron chi connectivity index (χ2n) is 6.41. The molecule has 1 N–H and O–H groups in total. The highest BCUT2D eigenvalue weighted by atomic mass is 16.4. The van der Waals surface area contributed by atoms with Crippen molar-refractivity contribution < 1.29 is 9.21 Å². The van der Waals surface area contributed by atoms with Crippen molar-refractivity contribution in [1.82, 2.24) is 14.8 Å². The van der Waals surface area contributed by atoms with Gasteiger partial charge in [-0.05, 0) is 36.4 Å². The van der Waals surface area contributed by atoms with Crippen molar-refractivity contribution in [1.29, 1.82) is 0 Å². The summed E-state index contributed by atoms with van der Waals surface area (Å²) < 4.78 is 6.83. The minimum Gasteiger partial charge on any atom is -0.422 e. The summed E-state index contributed by atoms with van der Waals surface area (Å²) in [7, 11) is 0. The van der Waals surface area contributed by atoms with Crippen LogP contribution in [0.4, 0.5) is 5.69 Å². The van der Waals surface area contributed by atoms with Crippen molar-refractivity contribution in [2.45, 2.75) is 6.54 Å². The molecule has 0 radical (unpaired) electrons. The third-order valence-corrected chi connectivity index (χ3v) is 4.58. The molecule has 7 nitrogen and oxygen atoms in total. The van der Waals surface area contributed by atoms with E-state index in [1.54, 1.807) is 24.4 Å². The lowest BCUT2D eigenvalue weighted by atomic mass is 10.2. The number of nitrogens with zero attached hydrogens (tertiary/aromatic N) is 3. The largest absolute Gasteiger partial charge is 0.422 e. The van der Waals surface area contributed by atoms with Crippen LogP contribution in [-0.4, -0.2) is 20.7 Å². The molecule has 0 spiro atoms. The number of benzene rings is 2. The number of pyridine rings is 1. The maximum atomic E-state index is 12.6. The van der Waals surface area contributed by atoms with Crippen LogP contribution in [0.3, 0.4) is 0 Å². The Morgan fingerprint density at radius 3 is 2.89 bits per heavy atom. The number of hydrogen-bond donors (Lipinski definition) is 1. The van der Waals surface area contributed by atoms with Crippen molar-refractivity contribution in [2.75, 3.05) is 5.32 Å². The second-order valence-corrected chi connectivity index (χ2v) is 6.41. The average molecular weight is 370 g/mol. The van der Waals surface area contributed by atoms with Crippen molar-refractivity contribution in [3.63, 3.8) is 0 Å². The molecule has 0 saturated carbocycles. The summed E-state index contributed by atoms with van der Waals surface area (Å²) >= 11 is 0. The number of hydrogen-bond acceptors (Lipinski definition) is 5. The fraction of sp³-hybridized carbons (Fsp3) is 0.0476. The van der Waals surface area contributed by atoms with Crippen LogP contribution in [0.25, 0.3) is 32.8 Å². The minimum absolute atomic E-state index is 0.0258. The molecule has 7 heteroatoms. The third-order valence-electron chi connectivity index (χ3n) is 4.58. The smallest absolute Gasteiger partial charge is 0.347 e. The average Bonchev–Trinajstić information content (AvgIpc) is 3.12. The van der Waals surface area contributed by atoms with Crippen LogP contribution in [0.2, 0.25) is 0 Å². The maximum absolute atomic E-state index is 12.6. The molecule has 0 aliphatic carbocycles. The van der Waals surface area contributed by atoms with E-state index < -0.39 is 5.63 Å². The summed E-state index contributed by atoms with van der Waals surface area (Å²) in [5.41, 5.74) is 2.11. The van der Waals surface area contributed by atoms with E-state index in [1.807, 2.05) is 36.4 Å². The van der Waals surface area contributed by atoms with Gasteiger partial charge in [0.1, 0.15) is 17.5 Å². The van der Waals surface area contributed by atoms with E-state index >= 15 is 0 Å². The van der Waals surface area contributed by atoms with Gasteiger partial charge in [-0.25, -0.2) is 4.79 Å². The lowest BCUT2D eigenvalue weighted by molar-refractivity contribution is -0.116. The van der Waals surface area contributed by atoms with Crippen molar-refractivity contribution >= 4 is 44.4 Å². The lowest BCUT2D eigenvalue weighted by Gasteiger charge is -2.08. The van der Waals surface area contributed by atoms with Crippen LogP contribution in [-0.2, 0) is 11.3 Å². The summed E-state index contributed by atoms with van der Waals surface area (Å²) in [6, 6.07) is 16.5. The molecule has 5 rings (SSSR count). The zero-order valence-electron chi connectivity index (χ0n) is 14.6. The first kappa shape index (κ1) is 16.2. The SMILES string of the molecule is O=C(Cn1ncc2c(=O)oc3ccccc3c21)Nc1ccc2ncccc2c1. The molecule has 2 aromatic carbocycles. The molecule has 0 saturated heterocycles. The minimum atomic E-state index is -0.470. The second kappa shape index (κ2) is 6.31. The maximum Gasteiger partial charge on any atom is 0.347 e. The molecular formula is C21H14N4O3. The molecule has 3 aromatic heterocycles. The summed E-state index contributed by atoms with van der Waals surface area (Å²) in [6.45, 7) is -0.0258. The highest BCUT2D eigenvalue weighted by Gasteiger charge is 2.15. The Labute approximate surface area is 158 Å². The van der Waals surface area contributed by atoms with Gasteiger partial charge >= 0.3 is 5.63 Å². The molecule has 0 unspecified atom stereocenters. The highest BCUT2D eigenvalue weighted by Crippen LogP contribution is 2.22. The van der Waals surface area contributed by atoms with Gasteiger partial charge in [-0.3, -0.25) is 14.5 Å². The molecule has 1 amide bonds. The molecule has 136 valence electrons. The van der Waals surface area contributed by atoms with Crippen molar-refractivity contribution in [3.8, 4) is 0 Å². The first-order chi connectivity index (χ1) is 13.7. The lowest BCUT2D eigenvalue weighted by Crippen LogP contribution is -2.19. The Balaban J connectivity index is 1.49. The molecular weight excluding hydrogens is 356 g/mol. The predicted octanol–water partition coefficient (Wildman–Crippen LogP) is 3.33. The first-order valence-electron chi connectivity index (χ1n) is 8.71. The van der Waals surface area contributed by atoms with Gasteiger partial charge < -0.3 is 9.73 Å². The molecule has 0 fully saturated rings. The van der Waals surface area contributed by atoms with Crippen molar-refractivity contribution in [2.24, 2.45) is 0 Å². The van der Waals surface area contributed by atoms with Crippen LogP contribution in [0.15, 0.2) is 76.2 Å². The Morgan fingerprint density at radius 1 is 1.07 bits per heavy atom. The summed E-state index contributed by atoms with van der Waals surface area (Å²) in [6.07, 6.45) is 3.16. The van der Waals surface area contributed by atoms with Gasteiger partial charge in [-0.15, -0.1) is 0 Å². The topological polar surface area (TPSA) is 90.0 Å². The van der Waals surface area contributed by atoms with Gasteiger partial charge in [-0.1, -0.05) is 18.2 Å². The number of rotatable bonds is 3. The van der Waals surface area contributed by atoms with Gasteiger partial charge in [-0.2, -0.15) is 5.10 Å². The van der Waals surface area contributed by atoms with Gasteiger partial charge in [0.15, 0.2) is 0 Å². The van der Waals surface area contributed by atoms with E-state index in [-0.39, 0.29) is 12.5 Å². The number of fused-ring (bicyclic) bond motifs is 4. The predicted molar refractivity (Wildman–Crippen MR) is 106 cm³/mol. The fourth-order valence-corrected chi connectivity index (χ4v) is 3.33. The molecule has 0 aliphatic heterocycles. The van der Waals surface area contributed by atoms with Crippen LogP contribution in [0, 0.1) is 0 Å². The van der Waals surface area contributed by atoms with E-state index in [4.69, 9.17) is 4.42 Å². The number of anilines is 1. The number of nitrogens with one attached hydrogen (secondary N) is 1. The zero-order valence-corrected chi connectivity index (χ0v) is 14.6. The fourth-order valence-electron chi connectivity index (χ4n) is 3.33. The van der Waals surface area contributed by atoms with E-state index in [1.165, 1.54) is 10.9 Å². The van der Waals surface area contributed by atoms with Gasteiger partial charge in [0.2, 0.25) is 5.91 Å². The molecule has 5 aromatic rings. The molecule has 0 bridgehead atoms. The number of amides is 1. The van der Waals surface area contributed by atoms with Crippen LogP contribution in [0.1, 0.15) is 0 Å². The normalized spacial score (nSPS) is 11.3. The van der Waals surface area contributed by atoms with E-state index in [9.17, 15) is 9.59 Å². The van der Waals surface area contributed by atoms with E-state index in [0.29, 0.717) is 22.2 Å². The van der Waals surface area contributed by atoms with E-state index in [0.717, 1.165) is 16.3 Å². The standard InChI is InChI=1S/C21H14N4O3/c26-19(24-14-7-8-17-13(10-14)4-3-9-22-17)12-25-20-15-5-1-2-6-18(15)28-21(27)16(20)11-23-25/h1-11H,12H2,(H,24,26). The Kier molecular flexibility index (Phi) is 3.65. The molecule has 3 heterocycles. The molecule has 0 atom stereocenters. The summed E-state index contributed by atoms with van der Waals surface area (Å²) in [5.74, 6) is -0.245. The Hall–Kier alpha value is -4.00. The number of para-hydroxylation sites is 1. The van der Waals surface area contributed by atoms with Crippen molar-refractivity contribution in [3.05, 3.63) is 77.4 Å². The van der Waals surface area contributed by atoms with Gasteiger partial charge in [0.25, 0.3) is 0 Å². The third kappa shape index (κ3) is 2.69. The molecule has 0 aliphatic rings. The van der Waals surface area contributed by atoms with Gasteiger partial charge in [0, 0.05) is 22.7 Å². The Bertz CT molecular complexity index is 1420. The molecule has 28 heavy (non-hydrogen) atoms. The number of carbonyl (C=O) groups excluding carboxylic acids is 1. The number of carbonyl (C=O) groups is 1. The van der Waals surface area contributed by atoms with Crippen LogP contribution in [0.5, 0.6) is 0 Å². The monoisotopic (exact) mass is 370 g/mol. The van der Waals surface area contributed by atoms with Crippen LogP contribution >= 0.6 is 0 Å². The van der Waals surface area contributed by atoms with Crippen LogP contribution < -0.4 is 10.9 Å². The zero-order chi connectivity index (χ0) is 19.1. The highest BCUT2D eigenvalue weighted by molar-refractivity contribution is 6.03. The Morgan fingerprint density at radius 2 is 1.96 bits per heavy atom. The van der Waals surface area contributed by atoms with E-state index in [2.05, 4.69) is 15.4 Å². The quantitative estimate of drug-likeness (QED) is 0.492. The number of aromatic nitrogens is 3. The first-order valence-corrected chi connectivity index (χ1v) is 8.71. The summed E-state index contributed by atoms with van der Waals surface area (Å²) in [4.78, 5) is 29.0. The summed E-state index contributed by atoms with van der Waals surface area (Å²) in [5, 5.41) is 9.12.